The molecule has 1 saturated heterocycles. The Morgan fingerprint density at radius 2 is 1.78 bits per heavy atom. The SMILES string of the molecule is CC(=O)NCCCCCC(=O)N1C[C@@H](O)[C@@H](O)C1. The van der Waals surface area contributed by atoms with Crippen LogP contribution >= 0.6 is 0 Å². The van der Waals surface area contributed by atoms with Gasteiger partial charge < -0.3 is 20.4 Å². The van der Waals surface area contributed by atoms with Gasteiger partial charge in [-0.25, -0.2) is 0 Å². The lowest BCUT2D eigenvalue weighted by Crippen LogP contribution is -2.29. The van der Waals surface area contributed by atoms with E-state index in [1.54, 1.807) is 0 Å². The molecule has 0 unspecified atom stereocenters. The van der Waals surface area contributed by atoms with E-state index in [0.717, 1.165) is 19.3 Å². The van der Waals surface area contributed by atoms with E-state index in [0.29, 0.717) is 13.0 Å². The zero-order valence-electron chi connectivity index (χ0n) is 10.8. The zero-order chi connectivity index (χ0) is 13.5. The van der Waals surface area contributed by atoms with Crippen LogP contribution in [-0.4, -0.2) is 58.8 Å². The summed E-state index contributed by atoms with van der Waals surface area (Å²) in [6.07, 6.45) is 1.31. The van der Waals surface area contributed by atoms with Gasteiger partial charge in [0.25, 0.3) is 0 Å². The number of hydrogen-bond donors (Lipinski definition) is 3. The van der Waals surface area contributed by atoms with Crippen LogP contribution in [0, 0.1) is 0 Å². The van der Waals surface area contributed by atoms with Crippen molar-refractivity contribution in [3.63, 3.8) is 0 Å². The van der Waals surface area contributed by atoms with Gasteiger partial charge in [0.15, 0.2) is 0 Å². The van der Waals surface area contributed by atoms with Crippen molar-refractivity contribution in [3.8, 4) is 0 Å². The number of hydrogen-bond acceptors (Lipinski definition) is 4. The van der Waals surface area contributed by atoms with Crippen LogP contribution in [-0.2, 0) is 9.59 Å². The molecule has 2 atom stereocenters. The van der Waals surface area contributed by atoms with E-state index in [4.69, 9.17) is 0 Å². The molecule has 0 aromatic carbocycles. The number of carbonyl (C=O) groups is 2. The first-order valence-electron chi connectivity index (χ1n) is 6.39. The van der Waals surface area contributed by atoms with Crippen molar-refractivity contribution in [2.75, 3.05) is 19.6 Å². The van der Waals surface area contributed by atoms with Crippen molar-refractivity contribution in [1.29, 1.82) is 0 Å². The predicted molar refractivity (Wildman–Crippen MR) is 65.7 cm³/mol. The molecular weight excluding hydrogens is 236 g/mol. The molecule has 18 heavy (non-hydrogen) atoms. The number of β-amino-alcohol motifs (C(OH)–C–C–N with tert-alkyl or cyclic N) is 2. The van der Waals surface area contributed by atoms with Gasteiger partial charge in [0.05, 0.1) is 12.2 Å². The Bertz CT molecular complexity index is 286. The maximum atomic E-state index is 11.7. The highest BCUT2D eigenvalue weighted by Gasteiger charge is 2.31. The number of carbonyl (C=O) groups excluding carboxylic acids is 2. The maximum Gasteiger partial charge on any atom is 0.222 e. The zero-order valence-corrected chi connectivity index (χ0v) is 10.8. The van der Waals surface area contributed by atoms with Gasteiger partial charge in [-0.05, 0) is 12.8 Å². The van der Waals surface area contributed by atoms with Crippen LogP contribution in [0.2, 0.25) is 0 Å². The molecule has 0 aromatic rings. The molecule has 1 heterocycles. The van der Waals surface area contributed by atoms with Crippen LogP contribution in [0.25, 0.3) is 0 Å². The quantitative estimate of drug-likeness (QED) is 0.547. The molecule has 1 aliphatic heterocycles. The van der Waals surface area contributed by atoms with Crippen LogP contribution in [0.15, 0.2) is 0 Å². The molecule has 6 heteroatoms. The fraction of sp³-hybridized carbons (Fsp3) is 0.833. The summed E-state index contributed by atoms with van der Waals surface area (Å²) in [7, 11) is 0. The van der Waals surface area contributed by atoms with Crippen LogP contribution in [0.1, 0.15) is 32.6 Å². The second kappa shape index (κ2) is 7.33. The standard InChI is InChI=1S/C12H22N2O4/c1-9(15)13-6-4-2-3-5-12(18)14-7-10(16)11(17)8-14/h10-11,16-17H,2-8H2,1H3,(H,13,15)/t10-,11+. The van der Waals surface area contributed by atoms with Crippen molar-refractivity contribution in [3.05, 3.63) is 0 Å². The van der Waals surface area contributed by atoms with E-state index in [2.05, 4.69) is 5.32 Å². The van der Waals surface area contributed by atoms with E-state index >= 15 is 0 Å². The van der Waals surface area contributed by atoms with Crippen LogP contribution < -0.4 is 5.32 Å². The van der Waals surface area contributed by atoms with E-state index in [-0.39, 0.29) is 24.9 Å². The largest absolute Gasteiger partial charge is 0.388 e. The third kappa shape index (κ3) is 5.01. The van der Waals surface area contributed by atoms with Gasteiger partial charge in [0.2, 0.25) is 11.8 Å². The average Bonchev–Trinajstić information content (AvgIpc) is 2.63. The predicted octanol–water partition coefficient (Wildman–Crippen LogP) is -0.753. The molecule has 1 rings (SSSR count). The molecule has 0 spiro atoms. The van der Waals surface area contributed by atoms with E-state index in [9.17, 15) is 19.8 Å². The first-order chi connectivity index (χ1) is 8.50. The van der Waals surface area contributed by atoms with Crippen LogP contribution in [0.5, 0.6) is 0 Å². The molecule has 0 aromatic heterocycles. The average molecular weight is 258 g/mol. The number of nitrogens with one attached hydrogen (secondary N) is 1. The Kier molecular flexibility index (Phi) is 6.07. The Morgan fingerprint density at radius 3 is 2.33 bits per heavy atom. The Labute approximate surface area is 107 Å². The van der Waals surface area contributed by atoms with Gasteiger partial charge in [-0.3, -0.25) is 9.59 Å². The summed E-state index contributed by atoms with van der Waals surface area (Å²) >= 11 is 0. The second-order valence-electron chi connectivity index (χ2n) is 4.73. The van der Waals surface area contributed by atoms with E-state index in [1.807, 2.05) is 0 Å². The minimum atomic E-state index is -0.811. The molecule has 104 valence electrons. The number of rotatable bonds is 6. The van der Waals surface area contributed by atoms with Gasteiger partial charge >= 0.3 is 0 Å². The molecular formula is C12H22N2O4. The molecule has 0 aliphatic carbocycles. The molecule has 0 radical (unpaired) electrons. The molecule has 3 N–H and O–H groups in total. The number of likely N-dealkylation sites (tertiary alicyclic amines) is 1. The third-order valence-corrected chi connectivity index (χ3v) is 3.05. The molecule has 0 saturated carbocycles. The lowest BCUT2D eigenvalue weighted by Gasteiger charge is -2.15. The normalized spacial score (nSPS) is 23.2. The van der Waals surface area contributed by atoms with Crippen molar-refractivity contribution < 1.29 is 19.8 Å². The summed E-state index contributed by atoms with van der Waals surface area (Å²) < 4.78 is 0. The number of aliphatic hydroxyl groups is 2. The second-order valence-corrected chi connectivity index (χ2v) is 4.73. The van der Waals surface area contributed by atoms with Crippen LogP contribution in [0.3, 0.4) is 0 Å². The molecule has 6 nitrogen and oxygen atoms in total. The summed E-state index contributed by atoms with van der Waals surface area (Å²) in [4.78, 5) is 23.8. The summed E-state index contributed by atoms with van der Waals surface area (Å²) in [6, 6.07) is 0. The van der Waals surface area contributed by atoms with Gasteiger partial charge in [0.1, 0.15) is 0 Å². The number of amides is 2. The van der Waals surface area contributed by atoms with Gasteiger partial charge in [0, 0.05) is 33.0 Å². The van der Waals surface area contributed by atoms with Crippen molar-refractivity contribution in [2.24, 2.45) is 0 Å². The smallest absolute Gasteiger partial charge is 0.222 e. The first kappa shape index (κ1) is 14.9. The lowest BCUT2D eigenvalue weighted by molar-refractivity contribution is -0.130. The fourth-order valence-corrected chi connectivity index (χ4v) is 1.97. The van der Waals surface area contributed by atoms with Gasteiger partial charge in [-0.1, -0.05) is 6.42 Å². The van der Waals surface area contributed by atoms with Gasteiger partial charge in [-0.2, -0.15) is 0 Å². The Hall–Kier alpha value is -1.14. The van der Waals surface area contributed by atoms with Crippen molar-refractivity contribution >= 4 is 11.8 Å². The summed E-state index contributed by atoms with van der Waals surface area (Å²) in [6.45, 7) is 2.58. The Balaban J connectivity index is 2.05. The third-order valence-electron chi connectivity index (χ3n) is 3.05. The van der Waals surface area contributed by atoms with Crippen molar-refractivity contribution in [2.45, 2.75) is 44.8 Å². The van der Waals surface area contributed by atoms with E-state index in [1.165, 1.54) is 11.8 Å². The number of nitrogens with zero attached hydrogens (tertiary/aromatic N) is 1. The number of aliphatic hydroxyl groups excluding tert-OH is 2. The molecule has 0 bridgehead atoms. The summed E-state index contributed by atoms with van der Waals surface area (Å²) in [5.74, 6) is -0.0590. The summed E-state index contributed by atoms with van der Waals surface area (Å²) in [5.41, 5.74) is 0. The van der Waals surface area contributed by atoms with E-state index < -0.39 is 12.2 Å². The highest BCUT2D eigenvalue weighted by atomic mass is 16.3. The maximum absolute atomic E-state index is 11.7. The summed E-state index contributed by atoms with van der Waals surface area (Å²) in [5, 5.41) is 21.4. The molecule has 1 aliphatic rings. The minimum absolute atomic E-state index is 0.0230. The topological polar surface area (TPSA) is 89.9 Å². The van der Waals surface area contributed by atoms with Crippen molar-refractivity contribution in [1.82, 2.24) is 10.2 Å². The highest BCUT2D eigenvalue weighted by Crippen LogP contribution is 2.12. The highest BCUT2D eigenvalue weighted by molar-refractivity contribution is 5.76. The number of unbranched alkanes of at least 4 members (excludes halogenated alkanes) is 2. The molecule has 1 fully saturated rings. The fourth-order valence-electron chi connectivity index (χ4n) is 1.97. The molecule has 2 amide bonds. The first-order valence-corrected chi connectivity index (χ1v) is 6.39. The Morgan fingerprint density at radius 1 is 1.17 bits per heavy atom. The van der Waals surface area contributed by atoms with Crippen LogP contribution in [0.4, 0.5) is 0 Å². The van der Waals surface area contributed by atoms with Gasteiger partial charge in [-0.15, -0.1) is 0 Å². The minimum Gasteiger partial charge on any atom is -0.388 e. The lowest BCUT2D eigenvalue weighted by atomic mass is 10.2. The monoisotopic (exact) mass is 258 g/mol.